The van der Waals surface area contributed by atoms with Gasteiger partial charge >= 0.3 is 0 Å². The van der Waals surface area contributed by atoms with Gasteiger partial charge in [-0.05, 0) is 72.8 Å². The van der Waals surface area contributed by atoms with Crippen LogP contribution in [0.5, 0.6) is 11.5 Å². The number of benzene rings is 3. The SMILES string of the molecule is N#C/C(=C\c1cc(Cl)ccc1OCC(=O)Nc1ccc(Cl)cc1)C(=O)Nc1ccc(O)cc1. The van der Waals surface area contributed by atoms with E-state index in [4.69, 9.17) is 27.9 Å². The Bertz CT molecular complexity index is 1230. The number of hydrogen-bond donors (Lipinski definition) is 3. The maximum Gasteiger partial charge on any atom is 0.266 e. The fraction of sp³-hybridized carbons (Fsp3) is 0.0417. The van der Waals surface area contributed by atoms with Gasteiger partial charge in [0, 0.05) is 27.0 Å². The lowest BCUT2D eigenvalue weighted by Gasteiger charge is -2.11. The van der Waals surface area contributed by atoms with E-state index in [1.165, 1.54) is 42.5 Å². The predicted octanol–water partition coefficient (Wildman–Crippen LogP) is 5.26. The van der Waals surface area contributed by atoms with Gasteiger partial charge < -0.3 is 20.5 Å². The quantitative estimate of drug-likeness (QED) is 0.242. The molecule has 3 N–H and O–H groups in total. The lowest BCUT2D eigenvalue weighted by atomic mass is 10.1. The van der Waals surface area contributed by atoms with Crippen molar-refractivity contribution >= 4 is 52.5 Å². The summed E-state index contributed by atoms with van der Waals surface area (Å²) in [5.74, 6) is -0.761. The minimum Gasteiger partial charge on any atom is -0.508 e. The van der Waals surface area contributed by atoms with E-state index in [1.807, 2.05) is 6.07 Å². The molecule has 166 valence electrons. The Labute approximate surface area is 199 Å². The molecular weight excluding hydrogens is 465 g/mol. The fourth-order valence-corrected chi connectivity index (χ4v) is 2.99. The topological polar surface area (TPSA) is 111 Å². The van der Waals surface area contributed by atoms with Crippen LogP contribution in [0, 0.1) is 11.3 Å². The van der Waals surface area contributed by atoms with Crippen molar-refractivity contribution < 1.29 is 19.4 Å². The summed E-state index contributed by atoms with van der Waals surface area (Å²) in [5.41, 5.74) is 1.10. The third-order valence-electron chi connectivity index (χ3n) is 4.25. The van der Waals surface area contributed by atoms with E-state index in [0.29, 0.717) is 27.0 Å². The summed E-state index contributed by atoms with van der Waals surface area (Å²) in [6, 6.07) is 18.9. The van der Waals surface area contributed by atoms with E-state index >= 15 is 0 Å². The Morgan fingerprint density at radius 1 is 0.939 bits per heavy atom. The highest BCUT2D eigenvalue weighted by molar-refractivity contribution is 6.31. The first-order chi connectivity index (χ1) is 15.8. The summed E-state index contributed by atoms with van der Waals surface area (Å²) in [4.78, 5) is 24.7. The summed E-state index contributed by atoms with van der Waals surface area (Å²) in [6.45, 7) is -0.313. The Kier molecular flexibility index (Phi) is 7.92. The van der Waals surface area contributed by atoms with Crippen molar-refractivity contribution in [3.8, 4) is 17.6 Å². The van der Waals surface area contributed by atoms with Crippen LogP contribution in [0.2, 0.25) is 10.0 Å². The number of carbonyl (C=O) groups excluding carboxylic acids is 2. The first kappa shape index (κ1) is 23.7. The third kappa shape index (κ3) is 7.01. The monoisotopic (exact) mass is 481 g/mol. The molecule has 3 rings (SSSR count). The van der Waals surface area contributed by atoms with Crippen LogP contribution < -0.4 is 15.4 Å². The molecule has 0 bridgehead atoms. The molecule has 0 aliphatic heterocycles. The first-order valence-electron chi connectivity index (χ1n) is 9.54. The molecule has 0 saturated carbocycles. The van der Waals surface area contributed by atoms with Crippen molar-refractivity contribution in [3.63, 3.8) is 0 Å². The molecule has 0 atom stereocenters. The highest BCUT2D eigenvalue weighted by Crippen LogP contribution is 2.26. The number of nitriles is 1. The molecule has 33 heavy (non-hydrogen) atoms. The highest BCUT2D eigenvalue weighted by atomic mass is 35.5. The maximum absolute atomic E-state index is 12.5. The molecule has 3 aromatic rings. The molecule has 0 radical (unpaired) electrons. The number of anilines is 2. The summed E-state index contributed by atoms with van der Waals surface area (Å²) in [6.07, 6.45) is 1.31. The van der Waals surface area contributed by atoms with Gasteiger partial charge in [0.05, 0.1) is 0 Å². The zero-order valence-electron chi connectivity index (χ0n) is 17.0. The molecule has 0 heterocycles. The van der Waals surface area contributed by atoms with E-state index in [2.05, 4.69) is 10.6 Å². The third-order valence-corrected chi connectivity index (χ3v) is 4.74. The van der Waals surface area contributed by atoms with Crippen LogP contribution in [0.25, 0.3) is 6.08 Å². The number of nitrogens with one attached hydrogen (secondary N) is 2. The molecular formula is C24H17Cl2N3O4. The molecule has 2 amide bonds. The zero-order chi connectivity index (χ0) is 23.8. The van der Waals surface area contributed by atoms with Crippen LogP contribution in [-0.2, 0) is 9.59 Å². The second kappa shape index (κ2) is 11.0. The van der Waals surface area contributed by atoms with E-state index in [9.17, 15) is 20.0 Å². The van der Waals surface area contributed by atoms with Crippen LogP contribution in [0.1, 0.15) is 5.56 Å². The van der Waals surface area contributed by atoms with Gasteiger partial charge in [-0.25, -0.2) is 0 Å². The Balaban J connectivity index is 1.73. The van der Waals surface area contributed by atoms with Crippen molar-refractivity contribution in [1.29, 1.82) is 5.26 Å². The molecule has 0 saturated heterocycles. The fourth-order valence-electron chi connectivity index (χ4n) is 2.68. The number of amides is 2. The van der Waals surface area contributed by atoms with E-state index < -0.39 is 11.8 Å². The Hall–Kier alpha value is -3.99. The lowest BCUT2D eigenvalue weighted by molar-refractivity contribution is -0.118. The van der Waals surface area contributed by atoms with Gasteiger partial charge in [0.2, 0.25) is 0 Å². The van der Waals surface area contributed by atoms with E-state index in [0.717, 1.165) is 0 Å². The first-order valence-corrected chi connectivity index (χ1v) is 10.3. The van der Waals surface area contributed by atoms with Crippen LogP contribution in [-0.4, -0.2) is 23.5 Å². The summed E-state index contributed by atoms with van der Waals surface area (Å²) in [7, 11) is 0. The van der Waals surface area contributed by atoms with Crippen molar-refractivity contribution in [1.82, 2.24) is 0 Å². The number of aromatic hydroxyl groups is 1. The highest BCUT2D eigenvalue weighted by Gasteiger charge is 2.13. The van der Waals surface area contributed by atoms with Gasteiger partial charge in [-0.2, -0.15) is 5.26 Å². The van der Waals surface area contributed by atoms with Gasteiger partial charge in [0.15, 0.2) is 6.61 Å². The Morgan fingerprint density at radius 2 is 1.55 bits per heavy atom. The predicted molar refractivity (Wildman–Crippen MR) is 127 cm³/mol. The van der Waals surface area contributed by atoms with Gasteiger partial charge in [-0.15, -0.1) is 0 Å². The Morgan fingerprint density at radius 3 is 2.21 bits per heavy atom. The number of halogens is 2. The van der Waals surface area contributed by atoms with E-state index in [-0.39, 0.29) is 23.7 Å². The largest absolute Gasteiger partial charge is 0.508 e. The molecule has 7 nitrogen and oxygen atoms in total. The normalized spacial score (nSPS) is 10.8. The number of phenols is 1. The molecule has 0 unspecified atom stereocenters. The number of nitrogens with zero attached hydrogens (tertiary/aromatic N) is 1. The zero-order valence-corrected chi connectivity index (χ0v) is 18.5. The molecule has 0 aromatic heterocycles. The summed E-state index contributed by atoms with van der Waals surface area (Å²) in [5, 5.41) is 25.0. The lowest BCUT2D eigenvalue weighted by Crippen LogP contribution is -2.20. The number of rotatable bonds is 7. The number of hydrogen-bond acceptors (Lipinski definition) is 5. The second-order valence-electron chi connectivity index (χ2n) is 6.70. The number of ether oxygens (including phenoxy) is 1. The minimum absolute atomic E-state index is 0.0462. The second-order valence-corrected chi connectivity index (χ2v) is 7.57. The van der Waals surface area contributed by atoms with Crippen LogP contribution in [0.15, 0.2) is 72.3 Å². The van der Waals surface area contributed by atoms with Crippen molar-refractivity contribution in [2.45, 2.75) is 0 Å². The average molecular weight is 482 g/mol. The van der Waals surface area contributed by atoms with Crippen molar-refractivity contribution in [2.75, 3.05) is 17.2 Å². The van der Waals surface area contributed by atoms with E-state index in [1.54, 1.807) is 30.3 Å². The molecule has 0 fully saturated rings. The molecule has 3 aromatic carbocycles. The standard InChI is InChI=1S/C24H17Cl2N3O4/c25-17-1-4-19(5-2-17)28-23(31)14-33-22-10-3-18(26)12-15(22)11-16(13-27)24(32)29-20-6-8-21(30)9-7-20/h1-12,30H,14H2,(H,28,31)(H,29,32)/b16-11+. The van der Waals surface area contributed by atoms with Gasteiger partial charge in [0.25, 0.3) is 11.8 Å². The van der Waals surface area contributed by atoms with Crippen molar-refractivity contribution in [3.05, 3.63) is 87.9 Å². The molecule has 9 heteroatoms. The van der Waals surface area contributed by atoms with Crippen molar-refractivity contribution in [2.24, 2.45) is 0 Å². The maximum atomic E-state index is 12.5. The number of phenolic OH excluding ortho intramolecular Hbond substituents is 1. The van der Waals surface area contributed by atoms with Gasteiger partial charge in [0.1, 0.15) is 23.1 Å². The number of carbonyl (C=O) groups is 2. The molecule has 0 spiro atoms. The van der Waals surface area contributed by atoms with Crippen LogP contribution in [0.4, 0.5) is 11.4 Å². The smallest absolute Gasteiger partial charge is 0.266 e. The minimum atomic E-state index is -0.658. The van der Waals surface area contributed by atoms with Gasteiger partial charge in [-0.3, -0.25) is 9.59 Å². The average Bonchev–Trinajstić information content (AvgIpc) is 2.79. The molecule has 0 aliphatic rings. The van der Waals surface area contributed by atoms with Crippen LogP contribution >= 0.6 is 23.2 Å². The van der Waals surface area contributed by atoms with Crippen LogP contribution in [0.3, 0.4) is 0 Å². The van der Waals surface area contributed by atoms with Gasteiger partial charge in [-0.1, -0.05) is 23.2 Å². The summed E-state index contributed by atoms with van der Waals surface area (Å²) >= 11 is 11.9. The molecule has 0 aliphatic carbocycles. The summed E-state index contributed by atoms with van der Waals surface area (Å²) < 4.78 is 5.60.